The molecule has 2 aliphatic rings. The zero-order chi connectivity index (χ0) is 12.1. The maximum absolute atomic E-state index is 5.43. The molecule has 0 aromatic heterocycles. The van der Waals surface area contributed by atoms with Gasteiger partial charge in [-0.05, 0) is 43.4 Å². The van der Waals surface area contributed by atoms with E-state index in [1.807, 2.05) is 0 Å². The topological polar surface area (TPSA) is 21.3 Å². The van der Waals surface area contributed by atoms with Gasteiger partial charge in [0.1, 0.15) is 0 Å². The summed E-state index contributed by atoms with van der Waals surface area (Å²) in [5.41, 5.74) is 0. The quantitative estimate of drug-likeness (QED) is 0.795. The second-order valence-electron chi connectivity index (χ2n) is 6.50. The number of hydrogen-bond acceptors (Lipinski definition) is 2. The van der Waals surface area contributed by atoms with E-state index in [-0.39, 0.29) is 0 Å². The molecule has 3 unspecified atom stereocenters. The average Bonchev–Trinajstić information content (AvgIpc) is 2.79. The van der Waals surface area contributed by atoms with Gasteiger partial charge in [-0.3, -0.25) is 0 Å². The lowest BCUT2D eigenvalue weighted by atomic mass is 9.81. The van der Waals surface area contributed by atoms with Crippen LogP contribution in [-0.4, -0.2) is 25.8 Å². The highest BCUT2D eigenvalue weighted by Crippen LogP contribution is 2.29. The lowest BCUT2D eigenvalue weighted by molar-refractivity contribution is 0.182. The summed E-state index contributed by atoms with van der Waals surface area (Å²) in [5, 5.41) is 3.79. The Kier molecular flexibility index (Phi) is 5.30. The standard InChI is InChI=1S/C15H29NO/c1-12(2)8-13-4-3-5-15(9-13)16-10-14-6-7-17-11-14/h12-16H,3-11H2,1-2H3. The van der Waals surface area contributed by atoms with E-state index in [9.17, 15) is 0 Å². The van der Waals surface area contributed by atoms with Crippen molar-refractivity contribution in [3.8, 4) is 0 Å². The molecule has 17 heavy (non-hydrogen) atoms. The molecular formula is C15H29NO. The SMILES string of the molecule is CC(C)CC1CCCC(NCC2CCOC2)C1. The third-order valence-electron chi connectivity index (χ3n) is 4.31. The second kappa shape index (κ2) is 6.75. The predicted molar refractivity (Wildman–Crippen MR) is 72.1 cm³/mol. The summed E-state index contributed by atoms with van der Waals surface area (Å²) in [7, 11) is 0. The zero-order valence-corrected chi connectivity index (χ0v) is 11.6. The van der Waals surface area contributed by atoms with Gasteiger partial charge >= 0.3 is 0 Å². The largest absolute Gasteiger partial charge is 0.381 e. The second-order valence-corrected chi connectivity index (χ2v) is 6.50. The van der Waals surface area contributed by atoms with Gasteiger partial charge in [-0.2, -0.15) is 0 Å². The number of ether oxygens (including phenoxy) is 1. The van der Waals surface area contributed by atoms with Crippen LogP contribution < -0.4 is 5.32 Å². The third kappa shape index (κ3) is 4.59. The van der Waals surface area contributed by atoms with Crippen molar-refractivity contribution in [2.24, 2.45) is 17.8 Å². The Morgan fingerprint density at radius 2 is 2.06 bits per heavy atom. The lowest BCUT2D eigenvalue weighted by Gasteiger charge is -2.31. The van der Waals surface area contributed by atoms with Crippen LogP contribution in [0.1, 0.15) is 52.4 Å². The molecule has 1 N–H and O–H groups in total. The fraction of sp³-hybridized carbons (Fsp3) is 1.00. The first-order chi connectivity index (χ1) is 8.24. The van der Waals surface area contributed by atoms with Crippen molar-refractivity contribution in [1.82, 2.24) is 5.32 Å². The average molecular weight is 239 g/mol. The van der Waals surface area contributed by atoms with Crippen LogP contribution in [-0.2, 0) is 4.74 Å². The van der Waals surface area contributed by atoms with Crippen molar-refractivity contribution in [2.45, 2.75) is 58.4 Å². The summed E-state index contributed by atoms with van der Waals surface area (Å²) < 4.78 is 5.43. The molecule has 0 bridgehead atoms. The number of rotatable bonds is 5. The minimum Gasteiger partial charge on any atom is -0.381 e. The molecular weight excluding hydrogens is 210 g/mol. The van der Waals surface area contributed by atoms with Gasteiger partial charge in [-0.15, -0.1) is 0 Å². The van der Waals surface area contributed by atoms with Crippen molar-refractivity contribution in [1.29, 1.82) is 0 Å². The van der Waals surface area contributed by atoms with E-state index in [0.29, 0.717) is 0 Å². The van der Waals surface area contributed by atoms with Crippen molar-refractivity contribution in [2.75, 3.05) is 19.8 Å². The number of hydrogen-bond donors (Lipinski definition) is 1. The molecule has 100 valence electrons. The maximum atomic E-state index is 5.43. The van der Waals surface area contributed by atoms with Crippen molar-refractivity contribution < 1.29 is 4.74 Å². The van der Waals surface area contributed by atoms with E-state index in [1.165, 1.54) is 45.1 Å². The van der Waals surface area contributed by atoms with E-state index in [2.05, 4.69) is 19.2 Å². The van der Waals surface area contributed by atoms with Gasteiger partial charge in [0.25, 0.3) is 0 Å². The van der Waals surface area contributed by atoms with Crippen LogP contribution in [0.5, 0.6) is 0 Å². The Hall–Kier alpha value is -0.0800. The van der Waals surface area contributed by atoms with Gasteiger partial charge in [0.2, 0.25) is 0 Å². The molecule has 2 fully saturated rings. The van der Waals surface area contributed by atoms with Crippen LogP contribution in [0.25, 0.3) is 0 Å². The minimum atomic E-state index is 0.778. The Morgan fingerprint density at radius 3 is 2.76 bits per heavy atom. The van der Waals surface area contributed by atoms with E-state index in [4.69, 9.17) is 4.74 Å². The molecule has 1 aliphatic heterocycles. The Morgan fingerprint density at radius 1 is 1.18 bits per heavy atom. The van der Waals surface area contributed by atoms with Gasteiger partial charge in [-0.25, -0.2) is 0 Å². The van der Waals surface area contributed by atoms with Gasteiger partial charge in [0, 0.05) is 19.2 Å². The molecule has 2 nitrogen and oxygen atoms in total. The van der Waals surface area contributed by atoms with Crippen molar-refractivity contribution in [3.05, 3.63) is 0 Å². The Labute approximate surface area is 107 Å². The minimum absolute atomic E-state index is 0.778. The lowest BCUT2D eigenvalue weighted by Crippen LogP contribution is -2.37. The van der Waals surface area contributed by atoms with Crippen LogP contribution in [0, 0.1) is 17.8 Å². The molecule has 2 heteroatoms. The first-order valence-electron chi connectivity index (χ1n) is 7.55. The first kappa shape index (κ1) is 13.4. The molecule has 1 aliphatic carbocycles. The van der Waals surface area contributed by atoms with Gasteiger partial charge in [0.15, 0.2) is 0 Å². The number of nitrogens with one attached hydrogen (secondary N) is 1. The van der Waals surface area contributed by atoms with E-state index >= 15 is 0 Å². The fourth-order valence-electron chi connectivity index (χ4n) is 3.43. The molecule has 0 aromatic carbocycles. The molecule has 2 rings (SSSR count). The molecule has 0 radical (unpaired) electrons. The Balaban J connectivity index is 1.65. The summed E-state index contributed by atoms with van der Waals surface area (Å²) in [6.07, 6.45) is 8.37. The van der Waals surface area contributed by atoms with Crippen LogP contribution in [0.15, 0.2) is 0 Å². The van der Waals surface area contributed by atoms with Crippen LogP contribution in [0.3, 0.4) is 0 Å². The van der Waals surface area contributed by atoms with E-state index in [1.54, 1.807) is 0 Å². The van der Waals surface area contributed by atoms with Gasteiger partial charge in [0.05, 0.1) is 6.61 Å². The highest BCUT2D eigenvalue weighted by molar-refractivity contribution is 4.80. The summed E-state index contributed by atoms with van der Waals surface area (Å²) >= 11 is 0. The van der Waals surface area contributed by atoms with Crippen LogP contribution in [0.2, 0.25) is 0 Å². The molecule has 3 atom stereocenters. The first-order valence-corrected chi connectivity index (χ1v) is 7.55. The normalized spacial score (nSPS) is 34.4. The fourth-order valence-corrected chi connectivity index (χ4v) is 3.43. The van der Waals surface area contributed by atoms with Crippen molar-refractivity contribution in [3.63, 3.8) is 0 Å². The Bertz CT molecular complexity index is 211. The molecule has 1 saturated carbocycles. The summed E-state index contributed by atoms with van der Waals surface area (Å²) in [6.45, 7) is 7.85. The van der Waals surface area contributed by atoms with Gasteiger partial charge < -0.3 is 10.1 Å². The van der Waals surface area contributed by atoms with Crippen LogP contribution >= 0.6 is 0 Å². The summed E-state index contributed by atoms with van der Waals surface area (Å²) in [6, 6.07) is 0.785. The molecule has 0 aromatic rings. The van der Waals surface area contributed by atoms with E-state index < -0.39 is 0 Å². The predicted octanol–water partition coefficient (Wildman–Crippen LogP) is 3.22. The van der Waals surface area contributed by atoms with Crippen LogP contribution in [0.4, 0.5) is 0 Å². The molecule has 0 spiro atoms. The molecule has 1 heterocycles. The zero-order valence-electron chi connectivity index (χ0n) is 11.6. The molecule has 0 amide bonds. The monoisotopic (exact) mass is 239 g/mol. The summed E-state index contributed by atoms with van der Waals surface area (Å²) in [5.74, 6) is 2.61. The highest BCUT2D eigenvalue weighted by Gasteiger charge is 2.23. The third-order valence-corrected chi connectivity index (χ3v) is 4.31. The highest BCUT2D eigenvalue weighted by atomic mass is 16.5. The smallest absolute Gasteiger partial charge is 0.0507 e. The molecule has 1 saturated heterocycles. The van der Waals surface area contributed by atoms with E-state index in [0.717, 1.165) is 37.0 Å². The van der Waals surface area contributed by atoms with Crippen molar-refractivity contribution >= 4 is 0 Å². The van der Waals surface area contributed by atoms with Gasteiger partial charge in [-0.1, -0.05) is 26.7 Å². The summed E-state index contributed by atoms with van der Waals surface area (Å²) in [4.78, 5) is 0. The maximum Gasteiger partial charge on any atom is 0.0507 e.